The Morgan fingerprint density at radius 2 is 1.67 bits per heavy atom. The molecule has 3 aromatic carbocycles. The first kappa shape index (κ1) is 29.2. The van der Waals surface area contributed by atoms with E-state index in [2.05, 4.69) is 29.4 Å². The molecule has 1 heterocycles. The van der Waals surface area contributed by atoms with Crippen LogP contribution in [0.25, 0.3) is 10.9 Å². The molecular formula is C35H41N3O4. The van der Waals surface area contributed by atoms with E-state index in [-0.39, 0.29) is 24.3 Å². The number of hydrogen-bond donors (Lipinski definition) is 2. The zero-order valence-corrected chi connectivity index (χ0v) is 24.8. The third kappa shape index (κ3) is 6.62. The Balaban J connectivity index is 1.53. The lowest BCUT2D eigenvalue weighted by Crippen LogP contribution is -2.48. The van der Waals surface area contributed by atoms with Gasteiger partial charge in [0.1, 0.15) is 6.04 Å². The molecule has 4 aromatic rings. The molecule has 42 heavy (non-hydrogen) atoms. The SMILES string of the molecule is COc1ccc([C@H](C(=O)NC2CCCCC2)N(CCc2ccccc2C)C(=O)Cc2c[nH]c3ccccc23)cc1OC. The highest BCUT2D eigenvalue weighted by Gasteiger charge is 2.34. The van der Waals surface area contributed by atoms with E-state index in [0.29, 0.717) is 30.0 Å². The molecule has 2 N–H and O–H groups in total. The molecule has 0 aliphatic heterocycles. The second-order valence-electron chi connectivity index (χ2n) is 11.2. The van der Waals surface area contributed by atoms with Gasteiger partial charge in [0, 0.05) is 29.7 Å². The number of methoxy groups -OCH3 is 2. The molecule has 2 amide bonds. The van der Waals surface area contributed by atoms with E-state index < -0.39 is 6.04 Å². The van der Waals surface area contributed by atoms with Crippen molar-refractivity contribution in [3.05, 3.63) is 95.2 Å². The minimum Gasteiger partial charge on any atom is -0.493 e. The first-order chi connectivity index (χ1) is 20.5. The Bertz CT molecular complexity index is 1520. The molecule has 0 bridgehead atoms. The fourth-order valence-electron chi connectivity index (χ4n) is 6.09. The van der Waals surface area contributed by atoms with Crippen molar-refractivity contribution in [1.82, 2.24) is 15.2 Å². The first-order valence-corrected chi connectivity index (χ1v) is 14.9. The van der Waals surface area contributed by atoms with Crippen LogP contribution < -0.4 is 14.8 Å². The van der Waals surface area contributed by atoms with E-state index in [1.54, 1.807) is 25.2 Å². The summed E-state index contributed by atoms with van der Waals surface area (Å²) < 4.78 is 11.1. The van der Waals surface area contributed by atoms with E-state index in [1.165, 1.54) is 6.42 Å². The molecule has 5 rings (SSSR count). The van der Waals surface area contributed by atoms with Crippen LogP contribution in [0.5, 0.6) is 11.5 Å². The third-order valence-corrected chi connectivity index (χ3v) is 8.46. The average Bonchev–Trinajstić information content (AvgIpc) is 3.42. The van der Waals surface area contributed by atoms with Crippen LogP contribution in [0.3, 0.4) is 0 Å². The third-order valence-electron chi connectivity index (χ3n) is 8.46. The molecule has 1 saturated carbocycles. The molecule has 7 heteroatoms. The van der Waals surface area contributed by atoms with Gasteiger partial charge < -0.3 is 24.7 Å². The number of para-hydroxylation sites is 1. The maximum atomic E-state index is 14.3. The number of fused-ring (bicyclic) bond motifs is 1. The van der Waals surface area contributed by atoms with Crippen LogP contribution in [-0.4, -0.2) is 48.5 Å². The van der Waals surface area contributed by atoms with Crippen molar-refractivity contribution in [3.8, 4) is 11.5 Å². The number of aryl methyl sites for hydroxylation is 1. The second kappa shape index (κ2) is 13.6. The quantitative estimate of drug-likeness (QED) is 0.223. The molecule has 1 aliphatic carbocycles. The van der Waals surface area contributed by atoms with E-state index in [0.717, 1.165) is 53.3 Å². The largest absolute Gasteiger partial charge is 0.493 e. The summed E-state index contributed by atoms with van der Waals surface area (Å²) in [5.74, 6) is 0.829. The number of nitrogens with one attached hydrogen (secondary N) is 2. The summed E-state index contributed by atoms with van der Waals surface area (Å²) in [5.41, 5.74) is 4.91. The number of carbonyl (C=O) groups is 2. The lowest BCUT2D eigenvalue weighted by molar-refractivity contribution is -0.140. The van der Waals surface area contributed by atoms with Crippen molar-refractivity contribution in [1.29, 1.82) is 0 Å². The highest BCUT2D eigenvalue weighted by atomic mass is 16.5. The van der Waals surface area contributed by atoms with Crippen LogP contribution in [0.4, 0.5) is 0 Å². The summed E-state index contributed by atoms with van der Waals surface area (Å²) in [7, 11) is 3.17. The zero-order chi connectivity index (χ0) is 29.5. The lowest BCUT2D eigenvalue weighted by Gasteiger charge is -2.34. The van der Waals surface area contributed by atoms with Crippen molar-refractivity contribution < 1.29 is 19.1 Å². The first-order valence-electron chi connectivity index (χ1n) is 14.9. The summed E-state index contributed by atoms with van der Waals surface area (Å²) in [6.45, 7) is 2.47. The van der Waals surface area contributed by atoms with Crippen LogP contribution in [0.1, 0.15) is 60.4 Å². The predicted octanol–water partition coefficient (Wildman–Crippen LogP) is 6.30. The van der Waals surface area contributed by atoms with Gasteiger partial charge in [0.15, 0.2) is 11.5 Å². The van der Waals surface area contributed by atoms with Crippen LogP contribution >= 0.6 is 0 Å². The maximum Gasteiger partial charge on any atom is 0.247 e. The lowest BCUT2D eigenvalue weighted by atomic mass is 9.94. The number of rotatable bonds is 11. The van der Waals surface area contributed by atoms with Gasteiger partial charge in [-0.3, -0.25) is 9.59 Å². The number of benzene rings is 3. The van der Waals surface area contributed by atoms with Crippen molar-refractivity contribution in [3.63, 3.8) is 0 Å². The maximum absolute atomic E-state index is 14.3. The van der Waals surface area contributed by atoms with Gasteiger partial charge in [0.05, 0.1) is 20.6 Å². The smallest absolute Gasteiger partial charge is 0.247 e. The zero-order valence-electron chi connectivity index (χ0n) is 24.8. The number of aromatic amines is 1. The molecule has 0 spiro atoms. The minimum absolute atomic E-state index is 0.105. The van der Waals surface area contributed by atoms with Gasteiger partial charge in [-0.15, -0.1) is 0 Å². The highest BCUT2D eigenvalue weighted by Crippen LogP contribution is 2.33. The molecule has 0 unspecified atom stereocenters. The molecule has 220 valence electrons. The van der Waals surface area contributed by atoms with Gasteiger partial charge in [-0.2, -0.15) is 0 Å². The fraction of sp³-hybridized carbons (Fsp3) is 0.371. The van der Waals surface area contributed by atoms with Crippen molar-refractivity contribution >= 4 is 22.7 Å². The molecule has 0 saturated heterocycles. The summed E-state index contributed by atoms with van der Waals surface area (Å²) in [5, 5.41) is 4.32. The molecule has 1 atom stereocenters. The number of H-pyrrole nitrogens is 1. The summed E-state index contributed by atoms with van der Waals surface area (Å²) in [4.78, 5) is 33.6. The molecule has 7 nitrogen and oxygen atoms in total. The number of amides is 2. The van der Waals surface area contributed by atoms with Crippen molar-refractivity contribution in [2.24, 2.45) is 0 Å². The van der Waals surface area contributed by atoms with Gasteiger partial charge in [-0.25, -0.2) is 0 Å². The van der Waals surface area contributed by atoms with Crippen LogP contribution in [0.2, 0.25) is 0 Å². The van der Waals surface area contributed by atoms with Crippen LogP contribution in [-0.2, 0) is 22.4 Å². The summed E-state index contributed by atoms with van der Waals surface area (Å²) in [6.07, 6.45) is 8.01. The van der Waals surface area contributed by atoms with Gasteiger partial charge in [-0.1, -0.05) is 67.8 Å². The highest BCUT2D eigenvalue weighted by molar-refractivity contribution is 5.92. The van der Waals surface area contributed by atoms with Crippen molar-refractivity contribution in [2.45, 2.75) is 64.0 Å². The van der Waals surface area contributed by atoms with Gasteiger partial charge >= 0.3 is 0 Å². The normalized spacial score (nSPS) is 14.4. The van der Waals surface area contributed by atoms with E-state index in [9.17, 15) is 9.59 Å². The molecule has 0 radical (unpaired) electrons. The topological polar surface area (TPSA) is 83.7 Å². The number of hydrogen-bond acceptors (Lipinski definition) is 4. The monoisotopic (exact) mass is 567 g/mol. The Kier molecular flexibility index (Phi) is 9.47. The van der Waals surface area contributed by atoms with E-state index >= 15 is 0 Å². The Morgan fingerprint density at radius 3 is 2.43 bits per heavy atom. The molecule has 1 aromatic heterocycles. The van der Waals surface area contributed by atoms with Crippen LogP contribution in [0, 0.1) is 6.92 Å². The molecule has 1 fully saturated rings. The fourth-order valence-corrected chi connectivity index (χ4v) is 6.09. The standard InChI is InChI=1S/C35H41N3O4/c1-24-11-7-8-12-25(24)19-20-38(33(39)22-27-23-36-30-16-10-9-15-29(27)30)34(35(40)37-28-13-5-4-6-14-28)26-17-18-31(41-2)32(21-26)42-3/h7-12,15-18,21,23,28,34,36H,4-6,13-14,19-20,22H2,1-3H3,(H,37,40)/t34-/m1/s1. The predicted molar refractivity (Wildman–Crippen MR) is 166 cm³/mol. The number of aromatic nitrogens is 1. The van der Waals surface area contributed by atoms with E-state index in [4.69, 9.17) is 9.47 Å². The average molecular weight is 568 g/mol. The van der Waals surface area contributed by atoms with E-state index in [1.807, 2.05) is 54.7 Å². The summed E-state index contributed by atoms with van der Waals surface area (Å²) >= 11 is 0. The summed E-state index contributed by atoms with van der Waals surface area (Å²) in [6, 6.07) is 21.0. The van der Waals surface area contributed by atoms with Gasteiger partial charge in [0.2, 0.25) is 11.8 Å². The Morgan fingerprint density at radius 1 is 0.929 bits per heavy atom. The molecular weight excluding hydrogens is 526 g/mol. The number of ether oxygens (including phenoxy) is 2. The Hall–Kier alpha value is -4.26. The Labute approximate surface area is 248 Å². The molecule has 1 aliphatic rings. The van der Waals surface area contributed by atoms with Crippen LogP contribution in [0.15, 0.2) is 72.9 Å². The number of carbonyl (C=O) groups excluding carboxylic acids is 2. The second-order valence-corrected chi connectivity index (χ2v) is 11.2. The van der Waals surface area contributed by atoms with Gasteiger partial charge in [0.25, 0.3) is 0 Å². The van der Waals surface area contributed by atoms with Crippen molar-refractivity contribution in [2.75, 3.05) is 20.8 Å². The minimum atomic E-state index is -0.826. The number of nitrogens with zero attached hydrogens (tertiary/aromatic N) is 1. The van der Waals surface area contributed by atoms with Gasteiger partial charge in [-0.05, 0) is 66.6 Å².